The first kappa shape index (κ1) is 14.6. The summed E-state index contributed by atoms with van der Waals surface area (Å²) >= 11 is 1.39. The van der Waals surface area contributed by atoms with E-state index in [1.165, 1.54) is 11.3 Å². The lowest BCUT2D eigenvalue weighted by Crippen LogP contribution is -2.11. The van der Waals surface area contributed by atoms with Crippen LogP contribution in [0.4, 0.5) is 10.9 Å². The normalized spacial score (nSPS) is 11.1. The number of nitrogens with zero attached hydrogens (tertiary/aromatic N) is 4. The predicted molar refractivity (Wildman–Crippen MR) is 95.6 cm³/mol. The van der Waals surface area contributed by atoms with Gasteiger partial charge in [-0.15, -0.1) is 0 Å². The number of imidazole rings is 1. The largest absolute Gasteiger partial charge is 0.371 e. The van der Waals surface area contributed by atoms with Crippen molar-refractivity contribution in [3.63, 3.8) is 0 Å². The van der Waals surface area contributed by atoms with Crippen LogP contribution in [-0.2, 0) is 7.05 Å². The number of benzene rings is 1. The topological polar surface area (TPSA) is 84.7 Å². The van der Waals surface area contributed by atoms with Crippen LogP contribution in [0.15, 0.2) is 36.7 Å². The second-order valence-electron chi connectivity index (χ2n) is 5.25. The molecule has 24 heavy (non-hydrogen) atoms. The number of thiazole rings is 1. The number of aromatic nitrogens is 4. The van der Waals surface area contributed by atoms with E-state index in [0.29, 0.717) is 22.2 Å². The third-order valence-electron chi connectivity index (χ3n) is 3.70. The molecule has 120 valence electrons. The van der Waals surface area contributed by atoms with Crippen molar-refractivity contribution in [2.24, 2.45) is 7.05 Å². The summed E-state index contributed by atoms with van der Waals surface area (Å²) in [6, 6.07) is 9.05. The minimum atomic E-state index is -0.190. The number of carbonyl (C=O) groups is 1. The van der Waals surface area contributed by atoms with Crippen LogP contribution in [0.25, 0.3) is 21.4 Å². The molecule has 0 saturated carbocycles. The van der Waals surface area contributed by atoms with E-state index in [1.807, 2.05) is 29.8 Å². The Labute approximate surface area is 141 Å². The van der Waals surface area contributed by atoms with Crippen molar-refractivity contribution in [3.05, 3.63) is 42.2 Å². The first-order chi connectivity index (χ1) is 11.7. The zero-order valence-electron chi connectivity index (χ0n) is 13.1. The van der Waals surface area contributed by atoms with Crippen LogP contribution in [0, 0.1) is 0 Å². The Balaban J connectivity index is 1.80. The number of carbonyl (C=O) groups excluding carboxylic acids is 1. The molecule has 7 nitrogen and oxygen atoms in total. The molecular weight excluding hydrogens is 324 g/mol. The lowest BCUT2D eigenvalue weighted by Gasteiger charge is -2.01. The first-order valence-corrected chi connectivity index (χ1v) is 8.14. The Morgan fingerprint density at radius 3 is 2.75 bits per heavy atom. The fourth-order valence-electron chi connectivity index (χ4n) is 2.56. The van der Waals surface area contributed by atoms with E-state index in [0.717, 1.165) is 15.7 Å². The average molecular weight is 338 g/mol. The third-order valence-corrected chi connectivity index (χ3v) is 4.66. The van der Waals surface area contributed by atoms with Gasteiger partial charge in [0.25, 0.3) is 5.91 Å². The van der Waals surface area contributed by atoms with Crippen molar-refractivity contribution in [2.45, 2.75) is 0 Å². The summed E-state index contributed by atoms with van der Waals surface area (Å²) in [4.78, 5) is 25.6. The minimum absolute atomic E-state index is 0.190. The van der Waals surface area contributed by atoms with E-state index in [4.69, 9.17) is 0 Å². The molecule has 0 aliphatic rings. The smallest absolute Gasteiger partial charge is 0.257 e. The maximum Gasteiger partial charge on any atom is 0.257 e. The molecule has 0 bridgehead atoms. The van der Waals surface area contributed by atoms with Crippen molar-refractivity contribution < 1.29 is 4.79 Å². The Morgan fingerprint density at radius 2 is 2.00 bits per heavy atom. The zero-order chi connectivity index (χ0) is 16.7. The van der Waals surface area contributed by atoms with Gasteiger partial charge in [-0.3, -0.25) is 10.1 Å². The van der Waals surface area contributed by atoms with Crippen molar-refractivity contribution in [1.29, 1.82) is 0 Å². The Kier molecular flexibility index (Phi) is 3.39. The Hall–Kier alpha value is -3.00. The van der Waals surface area contributed by atoms with Crippen molar-refractivity contribution in [2.75, 3.05) is 17.7 Å². The fourth-order valence-corrected chi connectivity index (χ4v) is 3.55. The van der Waals surface area contributed by atoms with Gasteiger partial charge in [0.1, 0.15) is 10.2 Å². The van der Waals surface area contributed by atoms with Crippen LogP contribution >= 0.6 is 11.3 Å². The molecular formula is C16H14N6OS. The number of aryl methyl sites for hydroxylation is 1. The molecule has 0 aliphatic carbocycles. The quantitative estimate of drug-likeness (QED) is 0.600. The predicted octanol–water partition coefficient (Wildman–Crippen LogP) is 2.87. The van der Waals surface area contributed by atoms with Crippen LogP contribution in [0.3, 0.4) is 0 Å². The summed E-state index contributed by atoms with van der Waals surface area (Å²) in [5.41, 5.74) is 2.91. The summed E-state index contributed by atoms with van der Waals surface area (Å²) in [5.74, 6) is 0.481. The second kappa shape index (κ2) is 5.57. The summed E-state index contributed by atoms with van der Waals surface area (Å²) in [7, 11) is 3.73. The Morgan fingerprint density at radius 1 is 1.21 bits per heavy atom. The monoisotopic (exact) mass is 338 g/mol. The van der Waals surface area contributed by atoms with Gasteiger partial charge < -0.3 is 9.88 Å². The van der Waals surface area contributed by atoms with Crippen molar-refractivity contribution in [3.8, 4) is 0 Å². The summed E-state index contributed by atoms with van der Waals surface area (Å²) in [5, 5.41) is 6.40. The van der Waals surface area contributed by atoms with Crippen LogP contribution < -0.4 is 10.6 Å². The highest BCUT2D eigenvalue weighted by Crippen LogP contribution is 2.34. The molecule has 1 aromatic carbocycles. The van der Waals surface area contributed by atoms with E-state index in [-0.39, 0.29) is 5.91 Å². The maximum atomic E-state index is 12.3. The van der Waals surface area contributed by atoms with Crippen molar-refractivity contribution in [1.82, 2.24) is 19.5 Å². The Bertz CT molecular complexity index is 1050. The number of hydrogen-bond donors (Lipinski definition) is 2. The molecule has 4 aromatic rings. The fraction of sp³-hybridized carbons (Fsp3) is 0.125. The van der Waals surface area contributed by atoms with E-state index < -0.39 is 0 Å². The van der Waals surface area contributed by atoms with E-state index in [9.17, 15) is 4.79 Å². The summed E-state index contributed by atoms with van der Waals surface area (Å²) in [6.45, 7) is 0. The average Bonchev–Trinajstić information content (AvgIpc) is 3.18. The highest BCUT2D eigenvalue weighted by atomic mass is 32.1. The van der Waals surface area contributed by atoms with Gasteiger partial charge in [0, 0.05) is 19.7 Å². The van der Waals surface area contributed by atoms with Crippen LogP contribution in [0.2, 0.25) is 0 Å². The van der Waals surface area contributed by atoms with Gasteiger partial charge in [0.05, 0.1) is 11.8 Å². The minimum Gasteiger partial charge on any atom is -0.371 e. The lowest BCUT2D eigenvalue weighted by molar-refractivity contribution is 0.102. The summed E-state index contributed by atoms with van der Waals surface area (Å²) < 4.78 is 2.83. The van der Waals surface area contributed by atoms with Gasteiger partial charge in [-0.2, -0.15) is 4.98 Å². The molecule has 0 saturated heterocycles. The summed E-state index contributed by atoms with van der Waals surface area (Å²) in [6.07, 6.45) is 1.74. The zero-order valence-corrected chi connectivity index (χ0v) is 13.9. The molecule has 0 fully saturated rings. The van der Waals surface area contributed by atoms with Crippen LogP contribution in [-0.4, -0.2) is 32.5 Å². The highest BCUT2D eigenvalue weighted by Gasteiger charge is 2.17. The van der Waals surface area contributed by atoms with Gasteiger partial charge in [-0.1, -0.05) is 29.5 Å². The lowest BCUT2D eigenvalue weighted by atomic mass is 10.2. The number of fused-ring (bicyclic) bond motifs is 3. The molecule has 0 spiro atoms. The molecule has 2 N–H and O–H groups in total. The highest BCUT2D eigenvalue weighted by molar-refractivity contribution is 7.23. The number of rotatable bonds is 3. The van der Waals surface area contributed by atoms with Gasteiger partial charge in [0.15, 0.2) is 16.6 Å². The van der Waals surface area contributed by atoms with Crippen LogP contribution in [0.5, 0.6) is 0 Å². The number of anilines is 2. The second-order valence-corrected chi connectivity index (χ2v) is 6.25. The molecule has 0 unspecified atom stereocenters. The molecule has 3 heterocycles. The van der Waals surface area contributed by atoms with Crippen molar-refractivity contribution >= 4 is 49.6 Å². The molecule has 0 aliphatic heterocycles. The molecule has 3 aromatic heterocycles. The maximum absolute atomic E-state index is 12.3. The van der Waals surface area contributed by atoms with E-state index >= 15 is 0 Å². The molecule has 4 rings (SSSR count). The SMILES string of the molecule is CNc1nc2nc(NC(=O)c3ccccc3)sc2c2c1ncn2C. The molecule has 0 atom stereocenters. The van der Waals surface area contributed by atoms with Gasteiger partial charge in [-0.25, -0.2) is 9.97 Å². The van der Waals surface area contributed by atoms with Gasteiger partial charge >= 0.3 is 0 Å². The first-order valence-electron chi connectivity index (χ1n) is 7.33. The van der Waals surface area contributed by atoms with Crippen LogP contribution in [0.1, 0.15) is 10.4 Å². The number of nitrogens with one attached hydrogen (secondary N) is 2. The molecule has 1 amide bonds. The third kappa shape index (κ3) is 2.28. The number of amides is 1. The van der Waals surface area contributed by atoms with E-state index in [1.54, 1.807) is 25.5 Å². The van der Waals surface area contributed by atoms with Gasteiger partial charge in [-0.05, 0) is 12.1 Å². The number of pyridine rings is 1. The standard InChI is InChI=1S/C16H14N6OS/c1-17-13-10-11(22(2)8-18-10)12-14(19-13)20-16(24-12)21-15(23)9-6-4-3-5-7-9/h3-8H,1-2H3,(H2,17,19,20,21,23). The number of hydrogen-bond acceptors (Lipinski definition) is 6. The molecule has 8 heteroatoms. The molecule has 0 radical (unpaired) electrons. The van der Waals surface area contributed by atoms with E-state index in [2.05, 4.69) is 25.6 Å². The van der Waals surface area contributed by atoms with Gasteiger partial charge in [0.2, 0.25) is 0 Å².